The van der Waals surface area contributed by atoms with Crippen molar-refractivity contribution in [3.8, 4) is 5.75 Å². The van der Waals surface area contributed by atoms with Gasteiger partial charge in [-0.05, 0) is 37.7 Å². The normalized spacial score (nSPS) is 10.7. The summed E-state index contributed by atoms with van der Waals surface area (Å²) in [7, 11) is 3.61. The molecule has 0 fully saturated rings. The summed E-state index contributed by atoms with van der Waals surface area (Å²) >= 11 is 0. The number of carbonyl (C=O) groups excluding carboxylic acids is 1. The Labute approximate surface area is 126 Å². The average molecular weight is 283 g/mol. The quantitative estimate of drug-likeness (QED) is 0.762. The summed E-state index contributed by atoms with van der Waals surface area (Å²) in [6.07, 6.45) is 0. The summed E-state index contributed by atoms with van der Waals surface area (Å²) in [5, 5.41) is 0. The van der Waals surface area contributed by atoms with E-state index in [1.807, 2.05) is 67.4 Å². The molecule has 0 radical (unpaired) electrons. The van der Waals surface area contributed by atoms with Crippen molar-refractivity contribution in [3.63, 3.8) is 0 Å². The van der Waals surface area contributed by atoms with Crippen LogP contribution in [0.25, 0.3) is 0 Å². The Bertz CT molecular complexity index is 605. The van der Waals surface area contributed by atoms with Crippen LogP contribution in [0.4, 0.5) is 0 Å². The molecule has 0 aromatic heterocycles. The van der Waals surface area contributed by atoms with E-state index in [4.69, 9.17) is 4.74 Å². The minimum atomic E-state index is 0.148. The first-order valence-electron chi connectivity index (χ1n) is 7.00. The molecule has 0 atom stereocenters. The zero-order chi connectivity index (χ0) is 15.2. The fourth-order valence-corrected chi connectivity index (χ4v) is 2.25. The molecule has 0 unspecified atom stereocenters. The number of likely N-dealkylation sites (N-methyl/N-ethyl adjacent to an activating group) is 1. The van der Waals surface area contributed by atoms with Crippen LogP contribution in [-0.2, 0) is 6.54 Å². The van der Waals surface area contributed by atoms with Gasteiger partial charge >= 0.3 is 0 Å². The van der Waals surface area contributed by atoms with E-state index in [9.17, 15) is 4.79 Å². The second-order valence-corrected chi connectivity index (χ2v) is 5.31. The lowest BCUT2D eigenvalue weighted by molar-refractivity contribution is 0.0943. The van der Waals surface area contributed by atoms with Gasteiger partial charge in [0.1, 0.15) is 5.75 Å². The highest BCUT2D eigenvalue weighted by molar-refractivity contribution is 5.97. The Morgan fingerprint density at radius 2 is 1.86 bits per heavy atom. The predicted molar refractivity (Wildman–Crippen MR) is 84.8 cm³/mol. The molecule has 0 aliphatic heterocycles. The van der Waals surface area contributed by atoms with Gasteiger partial charge in [0.15, 0.2) is 5.78 Å². The molecule has 0 heterocycles. The van der Waals surface area contributed by atoms with Crippen molar-refractivity contribution < 1.29 is 9.53 Å². The van der Waals surface area contributed by atoms with E-state index in [-0.39, 0.29) is 5.78 Å². The molecule has 2 aromatic rings. The zero-order valence-corrected chi connectivity index (χ0v) is 12.8. The Hall–Kier alpha value is -2.13. The molecule has 21 heavy (non-hydrogen) atoms. The lowest BCUT2D eigenvalue weighted by Gasteiger charge is -2.16. The molecule has 2 rings (SSSR count). The van der Waals surface area contributed by atoms with Crippen molar-refractivity contribution in [1.82, 2.24) is 4.90 Å². The largest absolute Gasteiger partial charge is 0.497 e. The van der Waals surface area contributed by atoms with Gasteiger partial charge in [-0.3, -0.25) is 9.69 Å². The number of carbonyl (C=O) groups is 1. The molecular weight excluding hydrogens is 262 g/mol. The lowest BCUT2D eigenvalue weighted by atomic mass is 10.1. The summed E-state index contributed by atoms with van der Waals surface area (Å²) in [6, 6.07) is 15.6. The summed E-state index contributed by atoms with van der Waals surface area (Å²) in [6.45, 7) is 3.15. The molecule has 0 aliphatic rings. The average Bonchev–Trinajstić information content (AvgIpc) is 2.48. The van der Waals surface area contributed by atoms with Gasteiger partial charge in [-0.15, -0.1) is 0 Å². The maximum atomic E-state index is 12.2. The minimum absolute atomic E-state index is 0.148. The van der Waals surface area contributed by atoms with Crippen LogP contribution < -0.4 is 4.74 Å². The number of aryl methyl sites for hydroxylation is 1. The van der Waals surface area contributed by atoms with E-state index in [0.29, 0.717) is 6.54 Å². The maximum Gasteiger partial charge on any atom is 0.176 e. The van der Waals surface area contributed by atoms with Crippen molar-refractivity contribution in [3.05, 3.63) is 65.2 Å². The molecule has 0 saturated heterocycles. The molecule has 0 spiro atoms. The standard InChI is InChI=1S/C18H21NO2/c1-14-5-4-6-16(11-14)18(20)13-19(2)12-15-7-9-17(21-3)10-8-15/h4-11H,12-13H2,1-3H3. The first-order valence-corrected chi connectivity index (χ1v) is 7.00. The summed E-state index contributed by atoms with van der Waals surface area (Å²) in [4.78, 5) is 14.3. The van der Waals surface area contributed by atoms with Crippen LogP contribution in [-0.4, -0.2) is 31.4 Å². The van der Waals surface area contributed by atoms with Crippen LogP contribution in [0.5, 0.6) is 5.75 Å². The van der Waals surface area contributed by atoms with Crippen LogP contribution in [0.15, 0.2) is 48.5 Å². The SMILES string of the molecule is COc1ccc(CN(C)CC(=O)c2cccc(C)c2)cc1. The van der Waals surface area contributed by atoms with Gasteiger partial charge in [-0.1, -0.05) is 35.9 Å². The fraction of sp³-hybridized carbons (Fsp3) is 0.278. The molecule has 3 nitrogen and oxygen atoms in total. The number of hydrogen-bond acceptors (Lipinski definition) is 3. The number of benzene rings is 2. The fourth-order valence-electron chi connectivity index (χ4n) is 2.25. The first-order chi connectivity index (χ1) is 10.1. The molecule has 0 saturated carbocycles. The number of nitrogens with zero attached hydrogens (tertiary/aromatic N) is 1. The number of hydrogen-bond donors (Lipinski definition) is 0. The van der Waals surface area contributed by atoms with Crippen LogP contribution in [0.2, 0.25) is 0 Å². The van der Waals surface area contributed by atoms with Gasteiger partial charge in [0.05, 0.1) is 13.7 Å². The number of methoxy groups -OCH3 is 1. The van der Waals surface area contributed by atoms with Crippen LogP contribution in [0.1, 0.15) is 21.5 Å². The topological polar surface area (TPSA) is 29.5 Å². The van der Waals surface area contributed by atoms with E-state index in [1.54, 1.807) is 7.11 Å². The third kappa shape index (κ3) is 4.43. The number of ketones is 1. The Morgan fingerprint density at radius 1 is 1.14 bits per heavy atom. The highest BCUT2D eigenvalue weighted by Crippen LogP contribution is 2.13. The third-order valence-corrected chi connectivity index (χ3v) is 3.37. The minimum Gasteiger partial charge on any atom is -0.497 e. The second kappa shape index (κ2) is 7.04. The van der Waals surface area contributed by atoms with Gasteiger partial charge in [0.2, 0.25) is 0 Å². The van der Waals surface area contributed by atoms with Gasteiger partial charge < -0.3 is 4.74 Å². The molecular formula is C18H21NO2. The first kappa shape index (κ1) is 15.3. The van der Waals surface area contributed by atoms with Gasteiger partial charge in [-0.2, -0.15) is 0 Å². The van der Waals surface area contributed by atoms with Crippen molar-refractivity contribution in [2.75, 3.05) is 20.7 Å². The summed E-state index contributed by atoms with van der Waals surface area (Å²) < 4.78 is 5.14. The predicted octanol–water partition coefficient (Wildman–Crippen LogP) is 3.32. The Kier molecular flexibility index (Phi) is 5.12. The lowest BCUT2D eigenvalue weighted by Crippen LogP contribution is -2.25. The monoisotopic (exact) mass is 283 g/mol. The zero-order valence-electron chi connectivity index (χ0n) is 12.8. The molecule has 0 aliphatic carbocycles. The number of Topliss-reactive ketones (excluding diaryl/α,β-unsaturated/α-hetero) is 1. The van der Waals surface area contributed by atoms with Gasteiger partial charge in [-0.25, -0.2) is 0 Å². The molecule has 110 valence electrons. The van der Waals surface area contributed by atoms with Crippen LogP contribution in [0, 0.1) is 6.92 Å². The number of ether oxygens (including phenoxy) is 1. The van der Waals surface area contributed by atoms with E-state index >= 15 is 0 Å². The van der Waals surface area contributed by atoms with E-state index in [0.717, 1.165) is 29.0 Å². The van der Waals surface area contributed by atoms with Crippen molar-refractivity contribution in [1.29, 1.82) is 0 Å². The molecule has 0 amide bonds. The van der Waals surface area contributed by atoms with E-state index in [2.05, 4.69) is 0 Å². The van der Waals surface area contributed by atoms with Crippen molar-refractivity contribution in [2.45, 2.75) is 13.5 Å². The van der Waals surface area contributed by atoms with Gasteiger partial charge in [0.25, 0.3) is 0 Å². The molecule has 3 heteroatoms. The van der Waals surface area contributed by atoms with Crippen LogP contribution >= 0.6 is 0 Å². The summed E-state index contributed by atoms with van der Waals surface area (Å²) in [5.41, 5.74) is 3.05. The molecule has 0 N–H and O–H groups in total. The Balaban J connectivity index is 1.94. The number of rotatable bonds is 6. The highest BCUT2D eigenvalue weighted by Gasteiger charge is 2.10. The molecule has 0 bridgehead atoms. The maximum absolute atomic E-state index is 12.2. The highest BCUT2D eigenvalue weighted by atomic mass is 16.5. The van der Waals surface area contributed by atoms with E-state index in [1.165, 1.54) is 0 Å². The summed E-state index contributed by atoms with van der Waals surface area (Å²) in [5.74, 6) is 0.993. The van der Waals surface area contributed by atoms with E-state index < -0.39 is 0 Å². The van der Waals surface area contributed by atoms with Crippen LogP contribution in [0.3, 0.4) is 0 Å². The second-order valence-electron chi connectivity index (χ2n) is 5.31. The van der Waals surface area contributed by atoms with Crippen molar-refractivity contribution >= 4 is 5.78 Å². The van der Waals surface area contributed by atoms with Gasteiger partial charge in [0, 0.05) is 12.1 Å². The smallest absolute Gasteiger partial charge is 0.176 e. The third-order valence-electron chi connectivity index (χ3n) is 3.37. The Morgan fingerprint density at radius 3 is 2.48 bits per heavy atom. The van der Waals surface area contributed by atoms with Crippen molar-refractivity contribution in [2.24, 2.45) is 0 Å². The molecule has 2 aromatic carbocycles.